The highest BCUT2D eigenvalue weighted by molar-refractivity contribution is 6.01. The summed E-state index contributed by atoms with van der Waals surface area (Å²) in [5, 5.41) is 3.24. The molecule has 3 aromatic carbocycles. The molecule has 0 bridgehead atoms. The van der Waals surface area contributed by atoms with E-state index in [9.17, 15) is 14.0 Å². The normalized spacial score (nSPS) is 15.7. The second kappa shape index (κ2) is 14.9. The standard InChI is InChI=1S/C35H43FN2O3/c1-3-25-41-33(39)26-35(4-2,28-11-6-5-7-12-28)21-10-22-38-23-19-30(20-24-38)37-34(40)32-14-9-8-13-31(32)27-15-17-29(36)18-16-27/h5-9,11-18,30H,3-4,10,19-26H2,1-2H3,(H,37,40). The van der Waals surface area contributed by atoms with Crippen molar-refractivity contribution in [3.05, 3.63) is 95.8 Å². The molecule has 1 saturated heterocycles. The molecule has 3 aromatic rings. The van der Waals surface area contributed by atoms with Gasteiger partial charge in [-0.25, -0.2) is 4.39 Å². The van der Waals surface area contributed by atoms with Crippen molar-refractivity contribution in [1.29, 1.82) is 0 Å². The van der Waals surface area contributed by atoms with E-state index in [0.717, 1.165) is 69.3 Å². The minimum absolute atomic E-state index is 0.0890. The summed E-state index contributed by atoms with van der Waals surface area (Å²) in [5.74, 6) is -0.499. The monoisotopic (exact) mass is 558 g/mol. The van der Waals surface area contributed by atoms with E-state index in [4.69, 9.17) is 4.74 Å². The average Bonchev–Trinajstić information content (AvgIpc) is 3.01. The highest BCUT2D eigenvalue weighted by Crippen LogP contribution is 2.37. The Kier molecular flexibility index (Phi) is 11.1. The third-order valence-electron chi connectivity index (χ3n) is 8.39. The van der Waals surface area contributed by atoms with Crippen molar-refractivity contribution < 1.29 is 18.7 Å². The Balaban J connectivity index is 1.30. The molecule has 1 aliphatic rings. The molecule has 5 nitrogen and oxygen atoms in total. The highest BCUT2D eigenvalue weighted by atomic mass is 19.1. The number of hydrogen-bond acceptors (Lipinski definition) is 4. The largest absolute Gasteiger partial charge is 0.466 e. The molecule has 1 aliphatic heterocycles. The molecular weight excluding hydrogens is 515 g/mol. The summed E-state index contributed by atoms with van der Waals surface area (Å²) in [5.41, 5.74) is 3.22. The lowest BCUT2D eigenvalue weighted by Gasteiger charge is -2.35. The average molecular weight is 559 g/mol. The van der Waals surface area contributed by atoms with E-state index >= 15 is 0 Å². The fourth-order valence-corrected chi connectivity index (χ4v) is 5.94. The predicted molar refractivity (Wildman–Crippen MR) is 162 cm³/mol. The number of likely N-dealkylation sites (tertiary alicyclic amines) is 1. The molecule has 0 radical (unpaired) electrons. The van der Waals surface area contributed by atoms with Crippen molar-refractivity contribution in [2.45, 2.75) is 70.3 Å². The van der Waals surface area contributed by atoms with Crippen LogP contribution in [0.15, 0.2) is 78.9 Å². The number of halogens is 1. The van der Waals surface area contributed by atoms with Gasteiger partial charge in [0.2, 0.25) is 0 Å². The van der Waals surface area contributed by atoms with Gasteiger partial charge in [-0.2, -0.15) is 0 Å². The van der Waals surface area contributed by atoms with Crippen molar-refractivity contribution in [3.63, 3.8) is 0 Å². The summed E-state index contributed by atoms with van der Waals surface area (Å²) in [7, 11) is 0. The van der Waals surface area contributed by atoms with Crippen molar-refractivity contribution in [2.75, 3.05) is 26.2 Å². The second-order valence-corrected chi connectivity index (χ2v) is 11.1. The van der Waals surface area contributed by atoms with Crippen LogP contribution in [0.4, 0.5) is 4.39 Å². The number of piperidine rings is 1. The molecule has 1 atom stereocenters. The minimum atomic E-state index is -0.294. The SMILES string of the molecule is CCCOC(=O)CC(CC)(CCCN1CCC(NC(=O)c2ccccc2-c2ccc(F)cc2)CC1)c1ccccc1. The number of benzene rings is 3. The molecule has 0 saturated carbocycles. The van der Waals surface area contributed by atoms with E-state index in [1.54, 1.807) is 12.1 Å². The lowest BCUT2D eigenvalue weighted by atomic mass is 9.72. The van der Waals surface area contributed by atoms with Crippen LogP contribution in [0.5, 0.6) is 0 Å². The van der Waals surface area contributed by atoms with Gasteiger partial charge in [-0.3, -0.25) is 9.59 Å². The van der Waals surface area contributed by atoms with E-state index in [1.807, 2.05) is 49.4 Å². The first kappa shape index (κ1) is 30.4. The number of nitrogens with zero attached hydrogens (tertiary/aromatic N) is 1. The predicted octanol–water partition coefficient (Wildman–Crippen LogP) is 7.16. The van der Waals surface area contributed by atoms with Crippen LogP contribution in [0.25, 0.3) is 11.1 Å². The molecule has 1 heterocycles. The maximum Gasteiger partial charge on any atom is 0.306 e. The van der Waals surface area contributed by atoms with Crippen LogP contribution in [0.3, 0.4) is 0 Å². The Morgan fingerprint density at radius 3 is 2.32 bits per heavy atom. The first-order valence-corrected chi connectivity index (χ1v) is 15.0. The van der Waals surface area contributed by atoms with Crippen molar-refractivity contribution >= 4 is 11.9 Å². The molecule has 1 N–H and O–H groups in total. The van der Waals surface area contributed by atoms with Gasteiger partial charge in [0.1, 0.15) is 5.82 Å². The lowest BCUT2D eigenvalue weighted by molar-refractivity contribution is -0.145. The molecule has 1 amide bonds. The Morgan fingerprint density at radius 2 is 1.63 bits per heavy atom. The summed E-state index contributed by atoms with van der Waals surface area (Å²) in [6.45, 7) is 7.46. The Labute approximate surface area is 244 Å². The van der Waals surface area contributed by atoms with Crippen molar-refractivity contribution in [3.8, 4) is 11.1 Å². The first-order chi connectivity index (χ1) is 19.9. The molecule has 0 aromatic heterocycles. The molecule has 218 valence electrons. The smallest absolute Gasteiger partial charge is 0.306 e. The zero-order valence-electron chi connectivity index (χ0n) is 24.4. The van der Waals surface area contributed by atoms with Crippen LogP contribution < -0.4 is 5.32 Å². The first-order valence-electron chi connectivity index (χ1n) is 15.0. The van der Waals surface area contributed by atoms with Crippen LogP contribution in [-0.4, -0.2) is 49.1 Å². The third-order valence-corrected chi connectivity index (χ3v) is 8.39. The van der Waals surface area contributed by atoms with Crippen LogP contribution >= 0.6 is 0 Å². The van der Waals surface area contributed by atoms with E-state index in [0.29, 0.717) is 18.6 Å². The van der Waals surface area contributed by atoms with Crippen molar-refractivity contribution in [1.82, 2.24) is 10.2 Å². The summed E-state index contributed by atoms with van der Waals surface area (Å²) >= 11 is 0. The van der Waals surface area contributed by atoms with E-state index in [2.05, 4.69) is 29.3 Å². The van der Waals surface area contributed by atoms with E-state index < -0.39 is 0 Å². The number of hydrogen-bond donors (Lipinski definition) is 1. The zero-order valence-corrected chi connectivity index (χ0v) is 24.4. The number of carbonyl (C=O) groups is 2. The van der Waals surface area contributed by atoms with Gasteiger partial charge in [-0.15, -0.1) is 0 Å². The summed E-state index contributed by atoms with van der Waals surface area (Å²) < 4.78 is 18.9. The van der Waals surface area contributed by atoms with E-state index in [1.165, 1.54) is 17.7 Å². The van der Waals surface area contributed by atoms with Gasteiger partial charge in [-0.05, 0) is 80.0 Å². The molecule has 1 unspecified atom stereocenters. The molecule has 4 rings (SSSR count). The molecular formula is C35H43FN2O3. The van der Waals surface area contributed by atoms with Gasteiger partial charge in [0.25, 0.3) is 5.91 Å². The Bertz CT molecular complexity index is 1260. The maximum atomic E-state index is 13.4. The maximum absolute atomic E-state index is 13.4. The molecule has 41 heavy (non-hydrogen) atoms. The summed E-state index contributed by atoms with van der Waals surface area (Å²) in [6, 6.07) is 24.3. The van der Waals surface area contributed by atoms with Gasteiger partial charge in [0.15, 0.2) is 0 Å². The Morgan fingerprint density at radius 1 is 0.951 bits per heavy atom. The molecule has 0 aliphatic carbocycles. The van der Waals surface area contributed by atoms with Crippen molar-refractivity contribution in [2.24, 2.45) is 0 Å². The third kappa shape index (κ3) is 8.26. The lowest BCUT2D eigenvalue weighted by Crippen LogP contribution is -2.45. The van der Waals surface area contributed by atoms with Gasteiger partial charge in [0, 0.05) is 30.1 Å². The van der Waals surface area contributed by atoms with Gasteiger partial charge >= 0.3 is 5.97 Å². The molecule has 6 heteroatoms. The Hall–Kier alpha value is -3.51. The van der Waals surface area contributed by atoms with Crippen LogP contribution in [0.2, 0.25) is 0 Å². The number of ether oxygens (including phenoxy) is 1. The number of rotatable bonds is 13. The van der Waals surface area contributed by atoms with Gasteiger partial charge < -0.3 is 15.0 Å². The fourth-order valence-electron chi connectivity index (χ4n) is 5.94. The van der Waals surface area contributed by atoms with Gasteiger partial charge in [-0.1, -0.05) is 74.5 Å². The summed E-state index contributed by atoms with van der Waals surface area (Å²) in [4.78, 5) is 28.4. The number of carbonyl (C=O) groups excluding carboxylic acids is 2. The van der Waals surface area contributed by atoms with Gasteiger partial charge in [0.05, 0.1) is 13.0 Å². The number of amides is 1. The zero-order chi connectivity index (χ0) is 29.1. The minimum Gasteiger partial charge on any atom is -0.466 e. The van der Waals surface area contributed by atoms with E-state index in [-0.39, 0.29) is 29.2 Å². The van der Waals surface area contributed by atoms with Crippen LogP contribution in [0.1, 0.15) is 74.7 Å². The summed E-state index contributed by atoms with van der Waals surface area (Å²) in [6.07, 6.45) is 5.81. The van der Waals surface area contributed by atoms with Crippen LogP contribution in [-0.2, 0) is 14.9 Å². The molecule has 1 fully saturated rings. The fraction of sp³-hybridized carbons (Fsp3) is 0.429. The highest BCUT2D eigenvalue weighted by Gasteiger charge is 2.33. The quantitative estimate of drug-likeness (QED) is 0.226. The molecule has 0 spiro atoms. The number of nitrogens with one attached hydrogen (secondary N) is 1. The topological polar surface area (TPSA) is 58.6 Å². The second-order valence-electron chi connectivity index (χ2n) is 11.1. The van der Waals surface area contributed by atoms with Crippen LogP contribution in [0, 0.1) is 5.82 Å². The number of esters is 1.